The molecular weight excluding hydrogens is 655 g/mol. The summed E-state index contributed by atoms with van der Waals surface area (Å²) in [5, 5.41) is 8.33. The maximum atomic E-state index is 6.24. The Balaban J connectivity index is 0.000000134. The maximum absolute atomic E-state index is 6.24. The molecule has 3 heteroatoms. The monoisotopic (exact) mass is 690 g/mol. The SMILES string of the molecule is CCc1ccc2c(c1)[cH-]c1cc(CC)ccc12.Cc1c[cH-]c2c(C)cccc12.[Cl][Zr]([Cl])=[C](c1ccccc1)c1ccccc1. The second kappa shape index (κ2) is 15.3. The summed E-state index contributed by atoms with van der Waals surface area (Å²) in [6.45, 7) is 8.72. The standard InChI is InChI=1S/C17H17.C13H10.C11H11.2ClH.Zr/c1-3-12-5-7-16-14(9-12)11-15-10-13(4-2)6-8-17(15)16;1-3-7-12(8-4-1)11-13-9-5-2-6-10-13;1-8-4-3-5-10-9(2)6-7-11(8)10;;;/h5-11H,3-4H2,1-2H3;1-10H;3-7H,1-2H3;2*1H;/q-1;;-1;;;+2/p-2. The van der Waals surface area contributed by atoms with Crippen LogP contribution in [0.1, 0.15) is 47.2 Å². The summed E-state index contributed by atoms with van der Waals surface area (Å²) < 4.78 is 1.15. The van der Waals surface area contributed by atoms with E-state index in [0.717, 1.165) is 27.2 Å². The van der Waals surface area contributed by atoms with Crippen molar-refractivity contribution in [2.75, 3.05) is 0 Å². The molecule has 0 fully saturated rings. The number of fused-ring (bicyclic) bond motifs is 4. The first-order valence-electron chi connectivity index (χ1n) is 15.3. The quantitative estimate of drug-likeness (QED) is 0.161. The first kappa shape index (κ1) is 32.3. The number of aryl methyl sites for hydroxylation is 4. The first-order valence-corrected chi connectivity index (χ1v) is 22.8. The van der Waals surface area contributed by atoms with Crippen LogP contribution in [0.4, 0.5) is 0 Å². The van der Waals surface area contributed by atoms with Crippen molar-refractivity contribution in [3.05, 3.63) is 167 Å². The van der Waals surface area contributed by atoms with Crippen LogP contribution in [0.5, 0.6) is 0 Å². The van der Waals surface area contributed by atoms with Crippen LogP contribution in [0.3, 0.4) is 0 Å². The summed E-state index contributed by atoms with van der Waals surface area (Å²) in [5.41, 5.74) is 7.88. The van der Waals surface area contributed by atoms with Gasteiger partial charge in [0.15, 0.2) is 0 Å². The molecule has 0 N–H and O–H groups in total. The Labute approximate surface area is 276 Å². The van der Waals surface area contributed by atoms with Gasteiger partial charge in [-0.15, -0.1) is 74.3 Å². The number of hydrogen-bond donors (Lipinski definition) is 0. The van der Waals surface area contributed by atoms with Crippen molar-refractivity contribution in [1.82, 2.24) is 0 Å². The third-order valence-corrected chi connectivity index (χ3v) is 12.8. The summed E-state index contributed by atoms with van der Waals surface area (Å²) in [6, 6.07) is 47.1. The predicted molar refractivity (Wildman–Crippen MR) is 193 cm³/mol. The number of halogens is 2. The average molecular weight is 693 g/mol. The van der Waals surface area contributed by atoms with Gasteiger partial charge >= 0.3 is 111 Å². The van der Waals surface area contributed by atoms with Crippen LogP contribution in [0.2, 0.25) is 0 Å². The molecule has 0 saturated heterocycles. The molecule has 0 spiro atoms. The fourth-order valence-corrected chi connectivity index (χ4v) is 10.2. The van der Waals surface area contributed by atoms with Crippen LogP contribution in [-0.2, 0) is 31.7 Å². The molecule has 0 radical (unpaired) electrons. The van der Waals surface area contributed by atoms with Crippen LogP contribution in [0.15, 0.2) is 133 Å². The third-order valence-electron chi connectivity index (χ3n) is 8.21. The summed E-state index contributed by atoms with van der Waals surface area (Å²) in [6.07, 6.45) is 2.22. The molecule has 0 aliphatic carbocycles. The van der Waals surface area contributed by atoms with E-state index in [1.165, 1.54) is 54.6 Å². The molecule has 7 aromatic carbocycles. The van der Waals surface area contributed by atoms with Gasteiger partial charge in [0.05, 0.1) is 0 Å². The Kier molecular flexibility index (Phi) is 11.2. The first-order chi connectivity index (χ1) is 21.4. The van der Waals surface area contributed by atoms with Gasteiger partial charge in [0, 0.05) is 0 Å². The van der Waals surface area contributed by atoms with Crippen molar-refractivity contribution in [2.45, 2.75) is 40.5 Å². The normalized spacial score (nSPS) is 10.7. The molecule has 0 saturated carbocycles. The zero-order valence-corrected chi connectivity index (χ0v) is 29.8. The summed E-state index contributed by atoms with van der Waals surface area (Å²) in [5.74, 6) is 0. The zero-order chi connectivity index (χ0) is 31.1. The topological polar surface area (TPSA) is 0 Å². The van der Waals surface area contributed by atoms with Gasteiger partial charge in [0.1, 0.15) is 0 Å². The zero-order valence-electron chi connectivity index (χ0n) is 25.9. The molecule has 0 heterocycles. The van der Waals surface area contributed by atoms with Crippen LogP contribution >= 0.6 is 17.0 Å². The summed E-state index contributed by atoms with van der Waals surface area (Å²) in [7, 11) is 12.5. The molecule has 0 atom stereocenters. The molecule has 222 valence electrons. The van der Waals surface area contributed by atoms with Crippen molar-refractivity contribution in [3.63, 3.8) is 0 Å². The van der Waals surface area contributed by atoms with Crippen LogP contribution in [0, 0.1) is 13.8 Å². The molecule has 0 aliphatic heterocycles. The van der Waals surface area contributed by atoms with Gasteiger partial charge in [-0.3, -0.25) is 0 Å². The van der Waals surface area contributed by atoms with E-state index in [0.29, 0.717) is 0 Å². The van der Waals surface area contributed by atoms with Gasteiger partial charge < -0.3 is 0 Å². The average Bonchev–Trinajstić information content (AvgIpc) is 3.62. The van der Waals surface area contributed by atoms with E-state index in [1.54, 1.807) is 0 Å². The van der Waals surface area contributed by atoms with Gasteiger partial charge in [-0.1, -0.05) is 69.2 Å². The fraction of sp³-hybridized carbons (Fsp3) is 0.146. The van der Waals surface area contributed by atoms with Crippen LogP contribution in [-0.4, -0.2) is 3.21 Å². The minimum absolute atomic E-state index is 1.11. The van der Waals surface area contributed by atoms with Gasteiger partial charge in [-0.05, 0) is 12.8 Å². The van der Waals surface area contributed by atoms with Gasteiger partial charge in [-0.2, -0.15) is 11.6 Å². The Bertz CT molecular complexity index is 1910. The summed E-state index contributed by atoms with van der Waals surface area (Å²) >= 11 is -2.44. The second-order valence-corrected chi connectivity index (χ2v) is 19.2. The molecule has 44 heavy (non-hydrogen) atoms. The fourth-order valence-electron chi connectivity index (χ4n) is 5.70. The van der Waals surface area contributed by atoms with Crippen molar-refractivity contribution in [2.24, 2.45) is 0 Å². The van der Waals surface area contributed by atoms with E-state index in [4.69, 9.17) is 17.0 Å². The summed E-state index contributed by atoms with van der Waals surface area (Å²) in [4.78, 5) is 0. The molecule has 7 rings (SSSR count). The van der Waals surface area contributed by atoms with E-state index in [2.05, 4.69) is 125 Å². The second-order valence-electron chi connectivity index (χ2n) is 11.1. The molecule has 0 aromatic heterocycles. The Hall–Kier alpha value is -3.09. The van der Waals surface area contributed by atoms with Crippen LogP contribution < -0.4 is 0 Å². The predicted octanol–water partition coefficient (Wildman–Crippen LogP) is 12.2. The molecule has 0 aliphatic rings. The van der Waals surface area contributed by atoms with Crippen molar-refractivity contribution in [1.29, 1.82) is 0 Å². The van der Waals surface area contributed by atoms with Crippen molar-refractivity contribution < 1.29 is 18.9 Å². The van der Waals surface area contributed by atoms with E-state index >= 15 is 0 Å². The van der Waals surface area contributed by atoms with Gasteiger partial charge in [0.25, 0.3) is 0 Å². The molecule has 0 bridgehead atoms. The van der Waals surface area contributed by atoms with Gasteiger partial charge in [-0.25, -0.2) is 0 Å². The molecule has 0 amide bonds. The van der Waals surface area contributed by atoms with E-state index in [1.807, 2.05) is 36.4 Å². The number of benzene rings is 5. The minimum atomic E-state index is -2.44. The Morgan fingerprint density at radius 3 is 1.57 bits per heavy atom. The van der Waals surface area contributed by atoms with Crippen molar-refractivity contribution in [3.8, 4) is 0 Å². The van der Waals surface area contributed by atoms with Crippen LogP contribution in [0.25, 0.3) is 32.3 Å². The molecule has 0 unspecified atom stereocenters. The number of rotatable bonds is 4. The number of hydrogen-bond acceptors (Lipinski definition) is 0. The Morgan fingerprint density at radius 2 is 1.11 bits per heavy atom. The van der Waals surface area contributed by atoms with E-state index < -0.39 is 18.9 Å². The third kappa shape index (κ3) is 7.58. The molecule has 0 nitrogen and oxygen atoms in total. The molecular formula is C41H38Cl2Zr-2. The van der Waals surface area contributed by atoms with Crippen molar-refractivity contribution >= 4 is 52.5 Å². The van der Waals surface area contributed by atoms with Gasteiger partial charge in [0.2, 0.25) is 0 Å². The Morgan fingerprint density at radius 1 is 0.591 bits per heavy atom. The molecule has 7 aromatic rings. The van der Waals surface area contributed by atoms with E-state index in [9.17, 15) is 0 Å². The van der Waals surface area contributed by atoms with E-state index in [-0.39, 0.29) is 0 Å².